The molecule has 5 nitrogen and oxygen atoms in total. The molecule has 0 unspecified atom stereocenters. The van der Waals surface area contributed by atoms with Crippen molar-refractivity contribution in [3.63, 3.8) is 0 Å². The Kier molecular flexibility index (Phi) is 3.21. The largest absolute Gasteiger partial charge is 0.487 e. The van der Waals surface area contributed by atoms with Gasteiger partial charge in [0.05, 0.1) is 23.4 Å². The quantitative estimate of drug-likeness (QED) is 0.751. The minimum atomic E-state index is -4.26. The lowest BCUT2D eigenvalue weighted by atomic mass is 9.81. The van der Waals surface area contributed by atoms with Crippen LogP contribution in [0.4, 0.5) is 13.2 Å². The zero-order valence-electron chi connectivity index (χ0n) is 14.6. The molecule has 0 spiro atoms. The number of carbonyl (C=O) groups is 1. The number of amides is 1. The maximum absolute atomic E-state index is 13.6. The molecule has 3 fully saturated rings. The Labute approximate surface area is 154 Å². The van der Waals surface area contributed by atoms with Crippen LogP contribution in [0, 0.1) is 22.2 Å². The molecule has 0 N–H and O–H groups in total. The first-order chi connectivity index (χ1) is 12.8. The molecule has 8 heteroatoms. The van der Waals surface area contributed by atoms with Gasteiger partial charge in [0, 0.05) is 24.4 Å². The van der Waals surface area contributed by atoms with Crippen LogP contribution in [-0.2, 0) is 4.79 Å². The molecule has 4 bridgehead atoms. The third-order valence-corrected chi connectivity index (χ3v) is 7.11. The Morgan fingerprint density at radius 1 is 1.30 bits per heavy atom. The summed E-state index contributed by atoms with van der Waals surface area (Å²) < 4.78 is 46.6. The highest BCUT2D eigenvalue weighted by Gasteiger charge is 2.69. The zero-order chi connectivity index (χ0) is 19.0. The van der Waals surface area contributed by atoms with Crippen molar-refractivity contribution in [3.05, 3.63) is 23.5 Å². The number of rotatable bonds is 1. The molecule has 1 aromatic rings. The van der Waals surface area contributed by atoms with Gasteiger partial charge in [0.1, 0.15) is 23.5 Å². The summed E-state index contributed by atoms with van der Waals surface area (Å²) in [7, 11) is 0. The molecule has 3 heterocycles. The zero-order valence-corrected chi connectivity index (χ0v) is 14.6. The van der Waals surface area contributed by atoms with E-state index in [4.69, 9.17) is 4.74 Å². The summed E-state index contributed by atoms with van der Waals surface area (Å²) in [5.74, 6) is 0.279. The number of ether oxygens (including phenoxy) is 1. The van der Waals surface area contributed by atoms with Crippen molar-refractivity contribution in [1.82, 2.24) is 9.88 Å². The number of pyridine rings is 1. The number of alkyl halides is 3. The molecular weight excluding hydrogens is 359 g/mol. The van der Waals surface area contributed by atoms with E-state index in [-0.39, 0.29) is 37.3 Å². The number of aromatic nitrogens is 1. The maximum atomic E-state index is 13.6. The van der Waals surface area contributed by atoms with Crippen LogP contribution >= 0.6 is 0 Å². The molecule has 5 rings (SSSR count). The fraction of sp³-hybridized carbons (Fsp3) is 0.632. The standard InChI is InChI=1S/C19H18F3N3O2/c20-19(21,22)18-3-1-17(10-18,2-4-18)16(26)25-9-12-5-14(25)13-8-24-7-11(6-23)15(13)27-12/h7-8,12,14H,1-5,9-10H2/t12-,14-,17?,18?/m0/s1. The molecule has 1 saturated heterocycles. The summed E-state index contributed by atoms with van der Waals surface area (Å²) in [6.07, 6.45) is -0.289. The van der Waals surface area contributed by atoms with Crippen LogP contribution in [0.5, 0.6) is 5.75 Å². The Balaban J connectivity index is 1.47. The Hall–Kier alpha value is -2.30. The number of halogens is 3. The van der Waals surface area contributed by atoms with Gasteiger partial charge in [-0.1, -0.05) is 0 Å². The third-order valence-electron chi connectivity index (χ3n) is 7.11. The van der Waals surface area contributed by atoms with Crippen molar-refractivity contribution >= 4 is 5.91 Å². The van der Waals surface area contributed by atoms with Crippen molar-refractivity contribution in [2.45, 2.75) is 56.8 Å². The fourth-order valence-electron chi connectivity index (χ4n) is 5.67. The Bertz CT molecular complexity index is 868. The maximum Gasteiger partial charge on any atom is 0.394 e. The van der Waals surface area contributed by atoms with Crippen molar-refractivity contribution in [2.24, 2.45) is 10.8 Å². The van der Waals surface area contributed by atoms with E-state index in [1.807, 2.05) is 0 Å². The van der Waals surface area contributed by atoms with E-state index in [1.54, 1.807) is 11.1 Å². The van der Waals surface area contributed by atoms with Gasteiger partial charge in [0.15, 0.2) is 0 Å². The second kappa shape index (κ2) is 5.15. The van der Waals surface area contributed by atoms with E-state index in [0.717, 1.165) is 0 Å². The lowest BCUT2D eigenvalue weighted by Crippen LogP contribution is -2.41. The van der Waals surface area contributed by atoms with E-state index < -0.39 is 17.0 Å². The van der Waals surface area contributed by atoms with Crippen LogP contribution in [0.15, 0.2) is 12.4 Å². The second-order valence-corrected chi connectivity index (χ2v) is 8.40. The number of carbonyl (C=O) groups excluding carboxylic acids is 1. The molecule has 1 amide bonds. The number of nitrogens with zero attached hydrogens (tertiary/aromatic N) is 3. The molecular formula is C19H18F3N3O2. The predicted molar refractivity (Wildman–Crippen MR) is 86.4 cm³/mol. The molecule has 142 valence electrons. The first-order valence-corrected chi connectivity index (χ1v) is 9.21. The summed E-state index contributed by atoms with van der Waals surface area (Å²) in [5, 5.41) is 9.27. The van der Waals surface area contributed by atoms with Crippen LogP contribution in [-0.4, -0.2) is 34.6 Å². The minimum absolute atomic E-state index is 0.0391. The van der Waals surface area contributed by atoms with Gasteiger partial charge in [-0.3, -0.25) is 9.78 Å². The van der Waals surface area contributed by atoms with Crippen LogP contribution in [0.1, 0.15) is 55.7 Å². The number of hydrogen-bond acceptors (Lipinski definition) is 4. The van der Waals surface area contributed by atoms with Gasteiger partial charge in [-0.15, -0.1) is 0 Å². The molecule has 2 aliphatic heterocycles. The predicted octanol–water partition coefficient (Wildman–Crippen LogP) is 3.50. The van der Waals surface area contributed by atoms with Gasteiger partial charge in [0.2, 0.25) is 5.91 Å². The normalized spacial score (nSPS) is 36.3. The number of fused-ring (bicyclic) bond motifs is 6. The first kappa shape index (κ1) is 16.8. The minimum Gasteiger partial charge on any atom is -0.487 e. The van der Waals surface area contributed by atoms with Gasteiger partial charge in [-0.05, 0) is 32.1 Å². The molecule has 2 aliphatic carbocycles. The van der Waals surface area contributed by atoms with E-state index in [9.17, 15) is 23.2 Å². The molecule has 4 aliphatic rings. The lowest BCUT2D eigenvalue weighted by molar-refractivity contribution is -0.220. The summed E-state index contributed by atoms with van der Waals surface area (Å²) in [6, 6.07) is 1.78. The van der Waals surface area contributed by atoms with Crippen LogP contribution in [0.2, 0.25) is 0 Å². The molecule has 0 radical (unpaired) electrons. The third kappa shape index (κ3) is 2.11. The molecule has 27 heavy (non-hydrogen) atoms. The van der Waals surface area contributed by atoms with Gasteiger partial charge < -0.3 is 9.64 Å². The highest BCUT2D eigenvalue weighted by molar-refractivity contribution is 5.85. The molecule has 1 aromatic heterocycles. The van der Waals surface area contributed by atoms with Crippen molar-refractivity contribution in [3.8, 4) is 11.8 Å². The summed E-state index contributed by atoms with van der Waals surface area (Å²) in [5.41, 5.74) is -1.59. The van der Waals surface area contributed by atoms with Crippen LogP contribution in [0.3, 0.4) is 0 Å². The van der Waals surface area contributed by atoms with Crippen LogP contribution in [0.25, 0.3) is 0 Å². The van der Waals surface area contributed by atoms with Crippen molar-refractivity contribution in [1.29, 1.82) is 5.26 Å². The fourth-order valence-corrected chi connectivity index (χ4v) is 5.67. The molecule has 2 saturated carbocycles. The van der Waals surface area contributed by atoms with Crippen LogP contribution < -0.4 is 4.74 Å². The first-order valence-electron chi connectivity index (χ1n) is 9.21. The monoisotopic (exact) mass is 377 g/mol. The highest BCUT2D eigenvalue weighted by atomic mass is 19.4. The van der Waals surface area contributed by atoms with Gasteiger partial charge in [-0.25, -0.2) is 0 Å². The Morgan fingerprint density at radius 2 is 2.04 bits per heavy atom. The van der Waals surface area contributed by atoms with E-state index >= 15 is 0 Å². The van der Waals surface area contributed by atoms with Crippen molar-refractivity contribution < 1.29 is 22.7 Å². The van der Waals surface area contributed by atoms with Gasteiger partial charge in [-0.2, -0.15) is 18.4 Å². The van der Waals surface area contributed by atoms with Crippen molar-refractivity contribution in [2.75, 3.05) is 6.54 Å². The number of nitriles is 1. The Morgan fingerprint density at radius 3 is 2.67 bits per heavy atom. The van der Waals surface area contributed by atoms with Gasteiger partial charge in [0.25, 0.3) is 0 Å². The van der Waals surface area contributed by atoms with E-state index in [1.165, 1.54) is 6.20 Å². The van der Waals surface area contributed by atoms with Gasteiger partial charge >= 0.3 is 6.18 Å². The second-order valence-electron chi connectivity index (χ2n) is 8.40. The lowest BCUT2D eigenvalue weighted by Gasteiger charge is -2.34. The summed E-state index contributed by atoms with van der Waals surface area (Å²) in [4.78, 5) is 19.2. The van der Waals surface area contributed by atoms with E-state index in [2.05, 4.69) is 11.1 Å². The number of hydrogen-bond donors (Lipinski definition) is 0. The smallest absolute Gasteiger partial charge is 0.394 e. The SMILES string of the molecule is N#Cc1cncc2c1O[C@H]1C[C@@H]2N(C(=O)C23CCC(C(F)(F)F)(CC2)C3)C1. The number of likely N-dealkylation sites (tertiary alicyclic amines) is 1. The summed E-state index contributed by atoms with van der Waals surface area (Å²) in [6.45, 7) is 0.351. The molecule has 2 atom stereocenters. The average Bonchev–Trinajstić information content (AvgIpc) is 3.32. The molecule has 0 aromatic carbocycles. The van der Waals surface area contributed by atoms with E-state index in [0.29, 0.717) is 42.7 Å². The summed E-state index contributed by atoms with van der Waals surface area (Å²) >= 11 is 0. The topological polar surface area (TPSA) is 66.2 Å². The highest BCUT2D eigenvalue weighted by Crippen LogP contribution is 2.68. The average molecular weight is 377 g/mol.